The molecule has 0 saturated carbocycles. The summed E-state index contributed by atoms with van der Waals surface area (Å²) >= 11 is 0. The van der Waals surface area contributed by atoms with Crippen LogP contribution in [0.25, 0.3) is 10.8 Å². The molecule has 0 spiro atoms. The first-order valence-electron chi connectivity index (χ1n) is 8.95. The Bertz CT molecular complexity index is 1310. The molecule has 10 nitrogen and oxygen atoms in total. The minimum atomic E-state index is -0.941. The van der Waals surface area contributed by atoms with Crippen molar-refractivity contribution in [3.63, 3.8) is 0 Å². The summed E-state index contributed by atoms with van der Waals surface area (Å²) in [7, 11) is 1.22. The number of anilines is 1. The van der Waals surface area contributed by atoms with Gasteiger partial charge in [-0.25, -0.2) is 14.7 Å². The second-order valence-corrected chi connectivity index (χ2v) is 6.84. The first kappa shape index (κ1) is 18.6. The number of nitrogens with zero attached hydrogens (tertiary/aromatic N) is 3. The molecule has 3 aromatic rings. The molecule has 0 atom stereocenters. The topological polar surface area (TPSA) is 134 Å². The van der Waals surface area contributed by atoms with Crippen molar-refractivity contribution in [3.8, 4) is 0 Å². The molecule has 10 heteroatoms. The van der Waals surface area contributed by atoms with Gasteiger partial charge in [0.2, 0.25) is 0 Å². The number of methoxy groups -OCH3 is 1. The van der Waals surface area contributed by atoms with Crippen LogP contribution in [0.5, 0.6) is 0 Å². The first-order valence-corrected chi connectivity index (χ1v) is 8.95. The Labute approximate surface area is 173 Å². The van der Waals surface area contributed by atoms with Crippen molar-refractivity contribution in [2.24, 2.45) is 0 Å². The summed E-state index contributed by atoms with van der Waals surface area (Å²) in [5.74, 6) is -3.91. The largest absolute Gasteiger partial charge is 0.465 e. The standard InChI is InChI=1S/C21H11N3O7/c1-31-21(29)9-2-7-14(22-8-9)23-17(25)10-3-5-12-16-13(20(28)24(30)19(12)27)6-4-11(15(10)16)18(23)26/h2-8,30H,1H3. The zero-order chi connectivity index (χ0) is 22.0. The molecule has 0 bridgehead atoms. The third-order valence-corrected chi connectivity index (χ3v) is 5.27. The Morgan fingerprint density at radius 3 is 1.71 bits per heavy atom. The maximum Gasteiger partial charge on any atom is 0.339 e. The van der Waals surface area contributed by atoms with Crippen LogP contribution in [0.2, 0.25) is 0 Å². The summed E-state index contributed by atoms with van der Waals surface area (Å²) in [5, 5.41) is 10.1. The number of ether oxygens (including phenoxy) is 1. The second kappa shape index (κ2) is 6.28. The SMILES string of the molecule is COC(=O)c1ccc(N2C(=O)c3ccc4c5c(ccc(c35)C2=O)C(=O)N(O)C4=O)nc1. The summed E-state index contributed by atoms with van der Waals surface area (Å²) < 4.78 is 4.61. The highest BCUT2D eigenvalue weighted by molar-refractivity contribution is 6.38. The van der Waals surface area contributed by atoms with Crippen LogP contribution in [0.4, 0.5) is 5.82 Å². The van der Waals surface area contributed by atoms with E-state index in [-0.39, 0.29) is 49.5 Å². The van der Waals surface area contributed by atoms with E-state index in [1.807, 2.05) is 0 Å². The maximum absolute atomic E-state index is 13.2. The number of hydroxylamine groups is 2. The van der Waals surface area contributed by atoms with Crippen LogP contribution in [0.15, 0.2) is 42.6 Å². The molecule has 0 fully saturated rings. The minimum Gasteiger partial charge on any atom is -0.465 e. The Morgan fingerprint density at radius 2 is 1.29 bits per heavy atom. The van der Waals surface area contributed by atoms with E-state index >= 15 is 0 Å². The number of benzene rings is 2. The van der Waals surface area contributed by atoms with Crippen LogP contribution in [-0.4, -0.2) is 52.0 Å². The van der Waals surface area contributed by atoms with Crippen LogP contribution in [0, 0.1) is 0 Å². The average molecular weight is 417 g/mol. The third-order valence-electron chi connectivity index (χ3n) is 5.27. The number of carbonyl (C=O) groups is 5. The predicted molar refractivity (Wildman–Crippen MR) is 103 cm³/mol. The molecule has 2 aliphatic rings. The Kier molecular flexibility index (Phi) is 3.76. The summed E-state index contributed by atoms with van der Waals surface area (Å²) in [6.45, 7) is 0. The zero-order valence-corrected chi connectivity index (χ0v) is 15.8. The molecule has 0 radical (unpaired) electrons. The third kappa shape index (κ3) is 2.36. The monoisotopic (exact) mass is 417 g/mol. The Morgan fingerprint density at radius 1 is 0.806 bits per heavy atom. The van der Waals surface area contributed by atoms with Gasteiger partial charge in [-0.3, -0.25) is 24.4 Å². The lowest BCUT2D eigenvalue weighted by atomic mass is 9.86. The van der Waals surface area contributed by atoms with Gasteiger partial charge in [-0.1, -0.05) is 0 Å². The van der Waals surface area contributed by atoms with Gasteiger partial charge in [-0.05, 0) is 36.4 Å². The molecule has 4 amide bonds. The van der Waals surface area contributed by atoms with E-state index in [0.29, 0.717) is 0 Å². The van der Waals surface area contributed by atoms with E-state index in [9.17, 15) is 29.2 Å². The lowest BCUT2D eigenvalue weighted by Crippen LogP contribution is -2.42. The number of carbonyl (C=O) groups excluding carboxylic acids is 5. The van der Waals surface area contributed by atoms with Gasteiger partial charge in [0.1, 0.15) is 5.82 Å². The number of hydrogen-bond donors (Lipinski definition) is 1. The van der Waals surface area contributed by atoms with Crippen molar-refractivity contribution < 1.29 is 33.9 Å². The summed E-state index contributed by atoms with van der Waals surface area (Å²) in [6.07, 6.45) is 1.19. The molecule has 2 aliphatic heterocycles. The number of amides is 4. The minimum absolute atomic E-state index is 0.00427. The van der Waals surface area contributed by atoms with E-state index in [4.69, 9.17) is 0 Å². The molecular weight excluding hydrogens is 406 g/mol. The molecule has 0 unspecified atom stereocenters. The normalized spacial score (nSPS) is 15.0. The summed E-state index contributed by atoms with van der Waals surface area (Å²) in [6, 6.07) is 8.07. The van der Waals surface area contributed by atoms with Crippen LogP contribution in [0.3, 0.4) is 0 Å². The van der Waals surface area contributed by atoms with Crippen molar-refractivity contribution in [1.82, 2.24) is 10.0 Å². The zero-order valence-electron chi connectivity index (χ0n) is 15.8. The van der Waals surface area contributed by atoms with Gasteiger partial charge in [-0.2, -0.15) is 0 Å². The molecule has 1 aromatic heterocycles. The number of esters is 1. The van der Waals surface area contributed by atoms with E-state index < -0.39 is 29.6 Å². The molecule has 1 N–H and O–H groups in total. The molecular formula is C21H11N3O7. The maximum atomic E-state index is 13.2. The van der Waals surface area contributed by atoms with Gasteiger partial charge in [0.25, 0.3) is 23.6 Å². The van der Waals surface area contributed by atoms with Crippen LogP contribution in [0.1, 0.15) is 51.8 Å². The molecule has 31 heavy (non-hydrogen) atoms. The highest BCUT2D eigenvalue weighted by Gasteiger charge is 2.40. The Balaban J connectivity index is 1.70. The number of pyridine rings is 1. The molecule has 152 valence electrons. The van der Waals surface area contributed by atoms with E-state index in [1.54, 1.807) is 0 Å². The number of hydrogen-bond acceptors (Lipinski definition) is 8. The predicted octanol–water partition coefficient (Wildman–Crippen LogP) is 1.81. The van der Waals surface area contributed by atoms with Crippen molar-refractivity contribution in [2.45, 2.75) is 0 Å². The fourth-order valence-corrected chi connectivity index (χ4v) is 3.83. The average Bonchev–Trinajstić information content (AvgIpc) is 2.79. The summed E-state index contributed by atoms with van der Waals surface area (Å²) in [5.41, 5.74) is 0.356. The molecule has 2 aromatic carbocycles. The Hall–Kier alpha value is -4.44. The molecule has 3 heterocycles. The number of aromatic nitrogens is 1. The van der Waals surface area contributed by atoms with Crippen LogP contribution < -0.4 is 4.90 Å². The fourth-order valence-electron chi connectivity index (χ4n) is 3.83. The quantitative estimate of drug-likeness (QED) is 0.379. The van der Waals surface area contributed by atoms with Crippen molar-refractivity contribution in [3.05, 3.63) is 70.4 Å². The van der Waals surface area contributed by atoms with E-state index in [1.165, 1.54) is 49.7 Å². The first-order chi connectivity index (χ1) is 14.8. The van der Waals surface area contributed by atoms with E-state index in [0.717, 1.165) is 4.90 Å². The molecule has 0 aliphatic carbocycles. The number of imide groups is 2. The van der Waals surface area contributed by atoms with Gasteiger partial charge in [0.05, 0.1) is 23.8 Å². The second-order valence-electron chi connectivity index (χ2n) is 6.84. The van der Waals surface area contributed by atoms with Crippen molar-refractivity contribution in [2.75, 3.05) is 12.0 Å². The van der Waals surface area contributed by atoms with Gasteiger partial charge in [0, 0.05) is 28.1 Å². The molecule has 0 saturated heterocycles. The van der Waals surface area contributed by atoms with Crippen molar-refractivity contribution in [1.29, 1.82) is 0 Å². The highest BCUT2D eigenvalue weighted by atomic mass is 16.5. The van der Waals surface area contributed by atoms with Crippen molar-refractivity contribution >= 4 is 46.2 Å². The van der Waals surface area contributed by atoms with Gasteiger partial charge < -0.3 is 4.74 Å². The highest BCUT2D eigenvalue weighted by Crippen LogP contribution is 2.38. The molecule has 5 rings (SSSR count). The van der Waals surface area contributed by atoms with Gasteiger partial charge in [0.15, 0.2) is 0 Å². The fraction of sp³-hybridized carbons (Fsp3) is 0.0476. The lowest BCUT2D eigenvalue weighted by molar-refractivity contribution is -0.0377. The van der Waals surface area contributed by atoms with Gasteiger partial charge in [-0.15, -0.1) is 5.06 Å². The summed E-state index contributed by atoms with van der Waals surface area (Å²) in [4.78, 5) is 67.5. The van der Waals surface area contributed by atoms with Gasteiger partial charge >= 0.3 is 5.97 Å². The smallest absolute Gasteiger partial charge is 0.339 e. The lowest BCUT2D eigenvalue weighted by Gasteiger charge is -2.29. The number of rotatable bonds is 2. The van der Waals surface area contributed by atoms with E-state index in [2.05, 4.69) is 9.72 Å². The van der Waals surface area contributed by atoms with Crippen LogP contribution in [-0.2, 0) is 4.74 Å². The van der Waals surface area contributed by atoms with Crippen LogP contribution >= 0.6 is 0 Å².